The Morgan fingerprint density at radius 2 is 1.22 bits per heavy atom. The van der Waals surface area contributed by atoms with E-state index in [2.05, 4.69) is 50.3 Å². The van der Waals surface area contributed by atoms with Gasteiger partial charge in [0.25, 0.3) is 7.82 Å². The molecule has 338 valence electrons. The molecule has 0 aromatic rings. The van der Waals surface area contributed by atoms with E-state index in [0.717, 1.165) is 57.8 Å². The van der Waals surface area contributed by atoms with Crippen LogP contribution in [-0.2, 0) is 32.7 Å². The fourth-order valence-electron chi connectivity index (χ4n) is 5.46. The number of rotatable bonds is 39. The van der Waals surface area contributed by atoms with Crippen LogP contribution in [0.2, 0.25) is 0 Å². The average Bonchev–Trinajstić information content (AvgIpc) is 3.18. The topological polar surface area (TPSA) is 131 Å². The van der Waals surface area contributed by atoms with E-state index in [1.165, 1.54) is 44.9 Å². The lowest BCUT2D eigenvalue weighted by atomic mass is 10.1. The lowest BCUT2D eigenvalue weighted by Crippen LogP contribution is -2.37. The number of aliphatic hydroxyl groups is 1. The molecule has 3 atom stereocenters. The second-order valence-electron chi connectivity index (χ2n) is 15.9. The molecule has 0 saturated carbocycles. The van der Waals surface area contributed by atoms with E-state index in [1.807, 2.05) is 63.7 Å². The van der Waals surface area contributed by atoms with Gasteiger partial charge in [-0.1, -0.05) is 150 Å². The highest BCUT2D eigenvalue weighted by Crippen LogP contribution is 2.38. The van der Waals surface area contributed by atoms with Gasteiger partial charge in [-0.05, 0) is 70.6 Å². The molecule has 0 rings (SSSR count). The maximum Gasteiger partial charge on any atom is 0.306 e. The summed E-state index contributed by atoms with van der Waals surface area (Å²) in [7, 11) is 1.08. The predicted molar refractivity (Wildman–Crippen MR) is 242 cm³/mol. The van der Waals surface area contributed by atoms with Gasteiger partial charge in [0.05, 0.1) is 33.9 Å². The molecule has 0 aliphatic rings. The number of phosphoric ester groups is 1. The van der Waals surface area contributed by atoms with E-state index in [4.69, 9.17) is 18.5 Å². The van der Waals surface area contributed by atoms with Gasteiger partial charge in [0.1, 0.15) is 19.8 Å². The lowest BCUT2D eigenvalue weighted by molar-refractivity contribution is -0.870. The number of carbonyl (C=O) groups is 2. The first kappa shape index (κ1) is 56.1. The van der Waals surface area contributed by atoms with Gasteiger partial charge in [-0.25, -0.2) is 0 Å². The first-order valence-electron chi connectivity index (χ1n) is 22.4. The molecule has 0 amide bonds. The van der Waals surface area contributed by atoms with Gasteiger partial charge in [0.15, 0.2) is 6.10 Å². The minimum Gasteiger partial charge on any atom is -0.756 e. The van der Waals surface area contributed by atoms with Gasteiger partial charge >= 0.3 is 11.9 Å². The van der Waals surface area contributed by atoms with E-state index in [9.17, 15) is 24.2 Å². The van der Waals surface area contributed by atoms with E-state index in [1.54, 1.807) is 6.08 Å². The third-order valence-electron chi connectivity index (χ3n) is 8.99. The summed E-state index contributed by atoms with van der Waals surface area (Å²) in [6, 6.07) is 0. The van der Waals surface area contributed by atoms with Crippen molar-refractivity contribution in [3.05, 3.63) is 85.1 Å². The maximum atomic E-state index is 12.7. The Bertz CT molecular complexity index is 1300. The van der Waals surface area contributed by atoms with Crippen LogP contribution in [0.15, 0.2) is 85.1 Å². The Labute approximate surface area is 359 Å². The van der Waals surface area contributed by atoms with Crippen molar-refractivity contribution in [1.29, 1.82) is 0 Å². The van der Waals surface area contributed by atoms with E-state index >= 15 is 0 Å². The molecule has 2 unspecified atom stereocenters. The average molecular weight is 848 g/mol. The van der Waals surface area contributed by atoms with E-state index in [-0.39, 0.29) is 26.1 Å². The van der Waals surface area contributed by atoms with E-state index in [0.29, 0.717) is 30.3 Å². The third-order valence-corrected chi connectivity index (χ3v) is 9.96. The van der Waals surface area contributed by atoms with Gasteiger partial charge in [-0.2, -0.15) is 0 Å². The van der Waals surface area contributed by atoms with Crippen molar-refractivity contribution < 1.29 is 47.2 Å². The minimum atomic E-state index is -4.66. The van der Waals surface area contributed by atoms with Crippen LogP contribution in [0.4, 0.5) is 0 Å². The molecule has 0 aliphatic heterocycles. The molecule has 0 fully saturated rings. The van der Waals surface area contributed by atoms with Gasteiger partial charge in [-0.3, -0.25) is 14.2 Å². The quantitative estimate of drug-likeness (QED) is 0.0160. The maximum absolute atomic E-state index is 12.7. The van der Waals surface area contributed by atoms with Crippen LogP contribution < -0.4 is 4.89 Å². The number of phosphoric acid groups is 1. The zero-order valence-corrected chi connectivity index (χ0v) is 38.4. The number of ether oxygens (including phenoxy) is 2. The van der Waals surface area contributed by atoms with Gasteiger partial charge in [0, 0.05) is 12.8 Å². The number of hydrogen-bond donors (Lipinski definition) is 1. The molecule has 0 aliphatic carbocycles. The first-order chi connectivity index (χ1) is 28.4. The summed E-state index contributed by atoms with van der Waals surface area (Å²) in [5, 5.41) is 9.85. The number of likely N-dealkylation sites (N-methyl/N-ethyl adjacent to an activating group) is 1. The number of esters is 2. The molecular weight excluding hydrogens is 766 g/mol. The zero-order valence-electron chi connectivity index (χ0n) is 37.5. The molecule has 0 saturated heterocycles. The number of allylic oxidation sites excluding steroid dienone is 12. The van der Waals surface area contributed by atoms with Crippen molar-refractivity contribution in [3.63, 3.8) is 0 Å². The van der Waals surface area contributed by atoms with Crippen molar-refractivity contribution in [2.75, 3.05) is 47.5 Å². The van der Waals surface area contributed by atoms with Crippen LogP contribution >= 0.6 is 7.82 Å². The number of aliphatic hydroxyl groups excluding tert-OH is 1. The SMILES string of the molecule is CC/C=C\CC(O)/C=C/C=C/C/C=C\C/C=C\C/C=C\CCC(=O)O[C@H](COC(=O)CCCCCCC/C=C\CCCCCCCC)COP(=O)([O-])OCC[N+](C)(C)C. The number of hydrogen-bond acceptors (Lipinski definition) is 9. The van der Waals surface area contributed by atoms with E-state index < -0.39 is 38.6 Å². The molecular formula is C48H82NO9P. The highest BCUT2D eigenvalue weighted by Gasteiger charge is 2.21. The Hall–Kier alpha value is -2.85. The Kier molecular flexibility index (Phi) is 37.4. The summed E-state index contributed by atoms with van der Waals surface area (Å²) < 4.78 is 33.8. The van der Waals surface area contributed by atoms with Crippen LogP contribution in [0.1, 0.15) is 149 Å². The third kappa shape index (κ3) is 43.1. The Balaban J connectivity index is 4.55. The first-order valence-corrected chi connectivity index (χ1v) is 23.9. The summed E-state index contributed by atoms with van der Waals surface area (Å²) >= 11 is 0. The highest BCUT2D eigenvalue weighted by molar-refractivity contribution is 7.45. The monoisotopic (exact) mass is 848 g/mol. The Morgan fingerprint density at radius 3 is 1.85 bits per heavy atom. The van der Waals surface area contributed by atoms with Crippen molar-refractivity contribution in [2.24, 2.45) is 0 Å². The van der Waals surface area contributed by atoms with Crippen LogP contribution in [-0.4, -0.2) is 81.2 Å². The van der Waals surface area contributed by atoms with Gasteiger partial charge in [0.2, 0.25) is 0 Å². The molecule has 59 heavy (non-hydrogen) atoms. The second kappa shape index (κ2) is 39.3. The summed E-state index contributed by atoms with van der Waals surface area (Å²) in [5.41, 5.74) is 0. The summed E-state index contributed by atoms with van der Waals surface area (Å²) in [5.74, 6) is -0.971. The number of unbranched alkanes of at least 4 members (excludes halogenated alkanes) is 11. The van der Waals surface area contributed by atoms with Crippen molar-refractivity contribution in [2.45, 2.75) is 161 Å². The number of carbonyl (C=O) groups excluding carboxylic acids is 2. The van der Waals surface area contributed by atoms with Crippen LogP contribution in [0.5, 0.6) is 0 Å². The highest BCUT2D eigenvalue weighted by atomic mass is 31.2. The molecule has 11 heteroatoms. The Morgan fingerprint density at radius 1 is 0.644 bits per heavy atom. The molecule has 0 aromatic heterocycles. The standard InChI is InChI=1S/C48H82NO9P/c1-6-8-10-11-12-13-14-15-16-19-22-25-28-31-35-39-47(51)55-43-46(44-57-59(53,54)56-42-41-49(3,4)5)58-48(52)40-36-32-29-26-23-20-17-18-21-24-27-30-34-38-45(50)37-33-9-7-2/h9,15-16,18,20-21,23,27,29-30,32-34,38,45-46,50H,6-8,10-14,17,19,22,24-26,28,31,35-37,39-44H2,1-5H3/b16-15-,21-18-,23-20-,30-27+,32-29-,33-9-,38-34+/t45?,46-/m1/s1. The molecule has 0 aromatic carbocycles. The molecule has 0 heterocycles. The van der Waals surface area contributed by atoms with Gasteiger partial charge in [-0.15, -0.1) is 0 Å². The predicted octanol–water partition coefficient (Wildman–Crippen LogP) is 11.1. The summed E-state index contributed by atoms with van der Waals surface area (Å²) in [6.07, 6.45) is 46.7. The van der Waals surface area contributed by atoms with Gasteiger partial charge < -0.3 is 33.0 Å². The second-order valence-corrected chi connectivity index (χ2v) is 17.3. The fourth-order valence-corrected chi connectivity index (χ4v) is 6.19. The van der Waals surface area contributed by atoms with Crippen molar-refractivity contribution >= 4 is 19.8 Å². The molecule has 0 spiro atoms. The number of nitrogens with zero attached hydrogens (tertiary/aromatic N) is 1. The van der Waals surface area contributed by atoms with Crippen LogP contribution in [0.3, 0.4) is 0 Å². The number of quaternary nitrogens is 1. The largest absolute Gasteiger partial charge is 0.756 e. The minimum absolute atomic E-state index is 0.0570. The van der Waals surface area contributed by atoms with Crippen LogP contribution in [0.25, 0.3) is 0 Å². The fraction of sp³-hybridized carbons (Fsp3) is 0.667. The molecule has 10 nitrogen and oxygen atoms in total. The zero-order chi connectivity index (χ0) is 43.7. The lowest BCUT2D eigenvalue weighted by Gasteiger charge is -2.28. The van der Waals surface area contributed by atoms with Crippen molar-refractivity contribution in [3.8, 4) is 0 Å². The summed E-state index contributed by atoms with van der Waals surface area (Å²) in [6.45, 7) is 3.88. The summed E-state index contributed by atoms with van der Waals surface area (Å²) in [4.78, 5) is 37.5. The molecule has 0 bridgehead atoms. The molecule has 0 radical (unpaired) electrons. The smallest absolute Gasteiger partial charge is 0.306 e. The van der Waals surface area contributed by atoms with Crippen LogP contribution in [0, 0.1) is 0 Å². The molecule has 1 N–H and O–H groups in total. The van der Waals surface area contributed by atoms with Crippen molar-refractivity contribution in [1.82, 2.24) is 0 Å². The normalized spacial score (nSPS) is 14.9.